The maximum Gasteiger partial charge on any atom is 0.255 e. The fourth-order valence-corrected chi connectivity index (χ4v) is 10.2. The maximum absolute atomic E-state index is 14.2. The van der Waals surface area contributed by atoms with E-state index < -0.39 is 67.8 Å². The van der Waals surface area contributed by atoms with Crippen molar-refractivity contribution in [1.29, 1.82) is 5.26 Å². The first-order valence-corrected chi connectivity index (χ1v) is 16.4. The van der Waals surface area contributed by atoms with Crippen molar-refractivity contribution in [3.05, 3.63) is 94.3 Å². The van der Waals surface area contributed by atoms with Crippen molar-refractivity contribution >= 4 is 33.0 Å². The van der Waals surface area contributed by atoms with Crippen LogP contribution in [0.3, 0.4) is 0 Å². The Labute approximate surface area is 263 Å². The zero-order chi connectivity index (χ0) is 32.1. The number of carbonyl (C=O) groups is 1. The zero-order valence-corrected chi connectivity index (χ0v) is 25.4. The third-order valence-corrected chi connectivity index (χ3v) is 12.1. The third-order valence-electron chi connectivity index (χ3n) is 9.18. The molecule has 3 fully saturated rings. The van der Waals surface area contributed by atoms with Crippen LogP contribution in [0.2, 0.25) is 5.02 Å². The normalized spacial score (nSPS) is 28.1. The molecule has 1 saturated heterocycles. The zero-order valence-electron chi connectivity index (χ0n) is 23.8. The molecule has 2 N–H and O–H groups in total. The molecule has 45 heavy (non-hydrogen) atoms. The predicted molar refractivity (Wildman–Crippen MR) is 158 cm³/mol. The van der Waals surface area contributed by atoms with Crippen LogP contribution in [0.5, 0.6) is 0 Å². The van der Waals surface area contributed by atoms with Gasteiger partial charge in [0.1, 0.15) is 0 Å². The van der Waals surface area contributed by atoms with Gasteiger partial charge in [-0.2, -0.15) is 10.3 Å². The number of rotatable bonds is 7. The number of nitrogens with zero attached hydrogens (tertiary/aromatic N) is 2. The van der Waals surface area contributed by atoms with Crippen molar-refractivity contribution in [2.24, 2.45) is 17.8 Å². The van der Waals surface area contributed by atoms with Crippen molar-refractivity contribution in [2.45, 2.75) is 54.0 Å². The maximum atomic E-state index is 14.2. The number of anilines is 1. The average molecular weight is 660 g/mol. The highest BCUT2D eigenvalue weighted by molar-refractivity contribution is 7.92. The van der Waals surface area contributed by atoms with E-state index in [0.717, 1.165) is 11.6 Å². The van der Waals surface area contributed by atoms with E-state index in [1.165, 1.54) is 12.1 Å². The molecule has 2 bridgehead atoms. The van der Waals surface area contributed by atoms with Gasteiger partial charge < -0.3 is 10.4 Å². The van der Waals surface area contributed by atoms with E-state index in [4.69, 9.17) is 16.4 Å². The van der Waals surface area contributed by atoms with Gasteiger partial charge in [0.2, 0.25) is 0 Å². The molecule has 13 heteroatoms. The molecular formula is C32H29ClF3N3O5S. The Kier molecular flexibility index (Phi) is 8.43. The van der Waals surface area contributed by atoms with E-state index in [2.05, 4.69) is 11.4 Å². The monoisotopic (exact) mass is 659 g/mol. The molecule has 2 saturated carbocycles. The Hall–Kier alpha value is -3.47. The Morgan fingerprint density at radius 2 is 1.71 bits per heavy atom. The van der Waals surface area contributed by atoms with E-state index in [0.29, 0.717) is 31.5 Å². The molecule has 5 unspecified atom stereocenters. The number of nitrogens with one attached hydrogen (secondary N) is 1. The van der Waals surface area contributed by atoms with E-state index in [9.17, 15) is 36.8 Å². The number of carbonyl (C=O) groups excluding carboxylic acids is 1. The van der Waals surface area contributed by atoms with Gasteiger partial charge in [-0.1, -0.05) is 41.9 Å². The molecule has 3 aromatic carbocycles. The lowest BCUT2D eigenvalue weighted by Gasteiger charge is -2.46. The molecule has 0 spiro atoms. The van der Waals surface area contributed by atoms with Gasteiger partial charge in [-0.25, -0.2) is 21.6 Å². The van der Waals surface area contributed by atoms with E-state index in [-0.39, 0.29) is 40.6 Å². The molecule has 0 radical (unpaired) electrons. The number of halogens is 4. The second kappa shape index (κ2) is 12.0. The Morgan fingerprint density at radius 3 is 2.33 bits per heavy atom. The lowest BCUT2D eigenvalue weighted by molar-refractivity contribution is -0.191. The van der Waals surface area contributed by atoms with Crippen LogP contribution >= 0.6 is 11.6 Å². The lowest BCUT2D eigenvalue weighted by atomic mass is 9.70. The highest BCUT2D eigenvalue weighted by atomic mass is 35.5. The number of amides is 1. The molecule has 0 aromatic heterocycles. The van der Waals surface area contributed by atoms with Gasteiger partial charge in [0.25, 0.3) is 5.91 Å². The van der Waals surface area contributed by atoms with Crippen molar-refractivity contribution in [3.63, 3.8) is 0 Å². The van der Waals surface area contributed by atoms with Gasteiger partial charge in [0, 0.05) is 29.9 Å². The molecule has 1 amide bonds. The van der Waals surface area contributed by atoms with E-state index >= 15 is 0 Å². The van der Waals surface area contributed by atoms with E-state index in [1.807, 2.05) is 30.3 Å². The molecule has 3 aliphatic rings. The standard InChI is InChI=1S/C32H29ClF3N3O5S/c33-24-9-8-19(31(40)38-23-11-25(34)28(36)26(35)12-23)10-27(24)45(42,43)29-20-6-7-21(29)14-32(41,13-20)30-22(15-37)17-44-39(30)16-18-4-2-1-3-5-18/h1-5,8-12,20-22,29-30,41H,6-7,13-14,16-17H2,(H,38,40)/t20-,21?,22?,29?,30?,32?/m0/s1. The minimum absolute atomic E-state index is 0.103. The molecule has 1 heterocycles. The van der Waals surface area contributed by atoms with Gasteiger partial charge in [-0.05, 0) is 61.3 Å². The molecule has 1 aliphatic heterocycles. The highest BCUT2D eigenvalue weighted by Gasteiger charge is 2.60. The van der Waals surface area contributed by atoms with Gasteiger partial charge >= 0.3 is 0 Å². The van der Waals surface area contributed by atoms with Crippen LogP contribution in [0.25, 0.3) is 0 Å². The second-order valence-electron chi connectivity index (χ2n) is 12.0. The molecule has 6 rings (SSSR count). The van der Waals surface area contributed by atoms with Crippen molar-refractivity contribution in [3.8, 4) is 6.07 Å². The minimum atomic E-state index is -4.13. The molecule has 236 valence electrons. The summed E-state index contributed by atoms with van der Waals surface area (Å²) in [5.41, 5.74) is -0.931. The summed E-state index contributed by atoms with van der Waals surface area (Å²) in [6, 6.07) is 16.0. The summed E-state index contributed by atoms with van der Waals surface area (Å²) in [5, 5.41) is 24.9. The van der Waals surface area contributed by atoms with Crippen molar-refractivity contribution in [1.82, 2.24) is 5.06 Å². The van der Waals surface area contributed by atoms with Crippen molar-refractivity contribution in [2.75, 3.05) is 11.9 Å². The smallest absolute Gasteiger partial charge is 0.255 e. The summed E-state index contributed by atoms with van der Waals surface area (Å²) in [5.74, 6) is -7.06. The number of sulfone groups is 1. The van der Waals surface area contributed by atoms with Crippen LogP contribution in [-0.2, 0) is 21.2 Å². The first-order valence-electron chi connectivity index (χ1n) is 14.5. The third kappa shape index (κ3) is 5.84. The summed E-state index contributed by atoms with van der Waals surface area (Å²) in [6.45, 7) is 0.472. The quantitative estimate of drug-likeness (QED) is 0.314. The number of hydroxylamine groups is 2. The summed E-state index contributed by atoms with van der Waals surface area (Å²) < 4.78 is 69.0. The van der Waals surface area contributed by atoms with Gasteiger partial charge in [-0.3, -0.25) is 9.63 Å². The summed E-state index contributed by atoms with van der Waals surface area (Å²) in [6.07, 6.45) is 1.34. The number of fused-ring (bicyclic) bond motifs is 2. The first kappa shape index (κ1) is 31.5. The summed E-state index contributed by atoms with van der Waals surface area (Å²) in [4.78, 5) is 18.5. The van der Waals surface area contributed by atoms with Crippen LogP contribution in [0.1, 0.15) is 41.6 Å². The fourth-order valence-electron chi connectivity index (χ4n) is 7.36. The summed E-state index contributed by atoms with van der Waals surface area (Å²) in [7, 11) is -4.13. The summed E-state index contributed by atoms with van der Waals surface area (Å²) >= 11 is 6.37. The topological polar surface area (TPSA) is 120 Å². The van der Waals surface area contributed by atoms with Crippen LogP contribution in [0.4, 0.5) is 18.9 Å². The number of hydrogen-bond donors (Lipinski definition) is 2. The lowest BCUT2D eigenvalue weighted by Crippen LogP contribution is -2.57. The van der Waals surface area contributed by atoms with Crippen LogP contribution in [-0.4, -0.2) is 48.0 Å². The Bertz CT molecular complexity index is 1750. The average Bonchev–Trinajstić information content (AvgIpc) is 3.55. The van der Waals surface area contributed by atoms with Gasteiger partial charge in [0.05, 0.1) is 45.4 Å². The molecule has 6 atom stereocenters. The Morgan fingerprint density at radius 1 is 1.07 bits per heavy atom. The van der Waals surface area contributed by atoms with Crippen LogP contribution in [0, 0.1) is 46.5 Å². The molecule has 2 aliphatic carbocycles. The van der Waals surface area contributed by atoms with Gasteiger partial charge in [0.15, 0.2) is 27.3 Å². The number of aliphatic hydroxyl groups is 1. The highest BCUT2D eigenvalue weighted by Crippen LogP contribution is 2.54. The fraction of sp³-hybridized carbons (Fsp3) is 0.375. The molecule has 3 aromatic rings. The van der Waals surface area contributed by atoms with Gasteiger partial charge in [-0.15, -0.1) is 0 Å². The first-order chi connectivity index (χ1) is 21.4. The van der Waals surface area contributed by atoms with E-state index in [1.54, 1.807) is 5.06 Å². The molecular weight excluding hydrogens is 631 g/mol. The van der Waals surface area contributed by atoms with Crippen LogP contribution < -0.4 is 5.32 Å². The minimum Gasteiger partial charge on any atom is -0.388 e. The van der Waals surface area contributed by atoms with Crippen LogP contribution in [0.15, 0.2) is 65.6 Å². The number of nitriles is 1. The second-order valence-corrected chi connectivity index (χ2v) is 14.5. The number of benzene rings is 3. The SMILES string of the molecule is N#CC1CON(Cc2ccccc2)C1C1(O)CC2CC[C@@H](C1)C2S(=O)(=O)c1cc(C(=O)Nc2cc(F)c(F)c(F)c2)ccc1Cl. The predicted octanol–water partition coefficient (Wildman–Crippen LogP) is 5.66. The van der Waals surface area contributed by atoms with Crippen molar-refractivity contribution < 1.29 is 36.3 Å². The largest absolute Gasteiger partial charge is 0.388 e. The number of hydrogen-bond acceptors (Lipinski definition) is 7. The molecule has 8 nitrogen and oxygen atoms in total. The Balaban J connectivity index is 1.25.